The van der Waals surface area contributed by atoms with Gasteiger partial charge in [0.1, 0.15) is 0 Å². The van der Waals surface area contributed by atoms with E-state index in [-0.39, 0.29) is 12.1 Å². The number of nitrogens with one attached hydrogen (secondary N) is 1. The third-order valence-electron chi connectivity index (χ3n) is 2.91. The summed E-state index contributed by atoms with van der Waals surface area (Å²) in [6.07, 6.45) is 7.62. The van der Waals surface area contributed by atoms with E-state index in [0.717, 1.165) is 0 Å². The van der Waals surface area contributed by atoms with Crippen LogP contribution in [0, 0.1) is 0 Å². The van der Waals surface area contributed by atoms with Crippen LogP contribution in [0.4, 0.5) is 0 Å². The van der Waals surface area contributed by atoms with Gasteiger partial charge in [-0.3, -0.25) is 9.67 Å². The average molecular weight is 230 g/mol. The zero-order chi connectivity index (χ0) is 12.3. The molecular formula is C13H18N4. The van der Waals surface area contributed by atoms with E-state index in [4.69, 9.17) is 0 Å². The normalized spacial score (nSPS) is 14.5. The molecule has 2 aromatic heterocycles. The fourth-order valence-corrected chi connectivity index (χ4v) is 1.86. The molecule has 2 atom stereocenters. The lowest BCUT2D eigenvalue weighted by atomic mass is 10.1. The predicted molar refractivity (Wildman–Crippen MR) is 67.4 cm³/mol. The Morgan fingerprint density at radius 3 is 2.53 bits per heavy atom. The number of hydrogen-bond acceptors (Lipinski definition) is 3. The molecule has 17 heavy (non-hydrogen) atoms. The standard InChI is InChI=1S/C13H18N4/c1-10(12-5-4-6-14-7-12)16-11(2)13-8-15-17(3)9-13/h4-11,16H,1-3H3/t10-,11?/m1/s1. The van der Waals surface area contributed by atoms with Gasteiger partial charge in [0.2, 0.25) is 0 Å². The van der Waals surface area contributed by atoms with E-state index in [2.05, 4.69) is 35.3 Å². The van der Waals surface area contributed by atoms with Crippen LogP contribution in [0.1, 0.15) is 37.1 Å². The topological polar surface area (TPSA) is 42.7 Å². The first-order valence-electron chi connectivity index (χ1n) is 5.81. The molecule has 2 heterocycles. The predicted octanol–water partition coefficient (Wildman–Crippen LogP) is 2.23. The lowest BCUT2D eigenvalue weighted by molar-refractivity contribution is 0.493. The zero-order valence-electron chi connectivity index (χ0n) is 10.5. The van der Waals surface area contributed by atoms with Gasteiger partial charge < -0.3 is 5.32 Å². The highest BCUT2D eigenvalue weighted by Crippen LogP contribution is 2.17. The number of nitrogens with zero attached hydrogens (tertiary/aromatic N) is 3. The van der Waals surface area contributed by atoms with Crippen molar-refractivity contribution in [3.8, 4) is 0 Å². The molecular weight excluding hydrogens is 212 g/mol. The molecule has 0 aliphatic heterocycles. The van der Waals surface area contributed by atoms with E-state index in [0.29, 0.717) is 0 Å². The van der Waals surface area contributed by atoms with Gasteiger partial charge in [-0.05, 0) is 25.5 Å². The summed E-state index contributed by atoms with van der Waals surface area (Å²) in [6, 6.07) is 4.60. The smallest absolute Gasteiger partial charge is 0.0537 e. The van der Waals surface area contributed by atoms with Crippen LogP contribution in [0.3, 0.4) is 0 Å². The van der Waals surface area contributed by atoms with Crippen LogP contribution in [0.25, 0.3) is 0 Å². The van der Waals surface area contributed by atoms with Gasteiger partial charge in [0.05, 0.1) is 6.20 Å². The van der Waals surface area contributed by atoms with Gasteiger partial charge in [-0.2, -0.15) is 5.10 Å². The Hall–Kier alpha value is -1.68. The van der Waals surface area contributed by atoms with Crippen molar-refractivity contribution < 1.29 is 0 Å². The van der Waals surface area contributed by atoms with Gasteiger partial charge in [-0.1, -0.05) is 6.07 Å². The molecule has 0 saturated carbocycles. The molecule has 0 fully saturated rings. The van der Waals surface area contributed by atoms with Gasteiger partial charge in [0, 0.05) is 43.3 Å². The second-order valence-corrected chi connectivity index (χ2v) is 4.34. The molecule has 4 nitrogen and oxygen atoms in total. The van der Waals surface area contributed by atoms with Crippen LogP contribution in [0.15, 0.2) is 36.9 Å². The Morgan fingerprint density at radius 1 is 1.18 bits per heavy atom. The minimum atomic E-state index is 0.277. The summed E-state index contributed by atoms with van der Waals surface area (Å²) in [6.45, 7) is 4.29. The lowest BCUT2D eigenvalue weighted by Crippen LogP contribution is -2.22. The Bertz CT molecular complexity index is 463. The van der Waals surface area contributed by atoms with Crippen molar-refractivity contribution >= 4 is 0 Å². The van der Waals surface area contributed by atoms with E-state index >= 15 is 0 Å². The summed E-state index contributed by atoms with van der Waals surface area (Å²) in [5.41, 5.74) is 2.39. The second-order valence-electron chi connectivity index (χ2n) is 4.34. The van der Waals surface area contributed by atoms with Crippen LogP contribution in [0.2, 0.25) is 0 Å². The molecule has 1 N–H and O–H groups in total. The second kappa shape index (κ2) is 5.10. The van der Waals surface area contributed by atoms with Crippen molar-refractivity contribution in [3.05, 3.63) is 48.0 Å². The third-order valence-corrected chi connectivity index (χ3v) is 2.91. The quantitative estimate of drug-likeness (QED) is 0.875. The Morgan fingerprint density at radius 2 is 1.94 bits per heavy atom. The molecule has 2 aromatic rings. The summed E-state index contributed by atoms with van der Waals surface area (Å²) in [4.78, 5) is 4.13. The molecule has 90 valence electrons. The van der Waals surface area contributed by atoms with Crippen molar-refractivity contribution in [2.24, 2.45) is 7.05 Å². The van der Waals surface area contributed by atoms with Crippen LogP contribution in [-0.4, -0.2) is 14.8 Å². The lowest BCUT2D eigenvalue weighted by Gasteiger charge is -2.19. The van der Waals surface area contributed by atoms with Gasteiger partial charge in [0.15, 0.2) is 0 Å². The van der Waals surface area contributed by atoms with Gasteiger partial charge >= 0.3 is 0 Å². The monoisotopic (exact) mass is 230 g/mol. The number of aryl methyl sites for hydroxylation is 1. The summed E-state index contributed by atoms with van der Waals surface area (Å²) < 4.78 is 1.82. The molecule has 1 unspecified atom stereocenters. The van der Waals surface area contributed by atoms with Crippen molar-refractivity contribution in [2.45, 2.75) is 25.9 Å². The van der Waals surface area contributed by atoms with Crippen molar-refractivity contribution in [1.82, 2.24) is 20.1 Å². The molecule has 0 aromatic carbocycles. The van der Waals surface area contributed by atoms with Gasteiger partial charge in [-0.25, -0.2) is 0 Å². The molecule has 4 heteroatoms. The Kier molecular flexibility index (Phi) is 3.54. The summed E-state index contributed by atoms with van der Waals surface area (Å²) in [5, 5.41) is 7.71. The largest absolute Gasteiger partial charge is 0.303 e. The minimum Gasteiger partial charge on any atom is -0.303 e. The van der Waals surface area contributed by atoms with E-state index in [1.165, 1.54) is 11.1 Å². The molecule has 0 amide bonds. The summed E-state index contributed by atoms with van der Waals surface area (Å²) in [5.74, 6) is 0. The fraction of sp³-hybridized carbons (Fsp3) is 0.385. The Balaban J connectivity index is 2.02. The van der Waals surface area contributed by atoms with Crippen LogP contribution in [0.5, 0.6) is 0 Å². The maximum absolute atomic E-state index is 4.18. The molecule has 0 saturated heterocycles. The maximum atomic E-state index is 4.18. The maximum Gasteiger partial charge on any atom is 0.0537 e. The molecule has 0 aliphatic carbocycles. The van der Waals surface area contributed by atoms with Crippen molar-refractivity contribution in [3.63, 3.8) is 0 Å². The average Bonchev–Trinajstić information content (AvgIpc) is 2.77. The number of aromatic nitrogens is 3. The van der Waals surface area contributed by atoms with E-state index in [1.54, 1.807) is 6.20 Å². The SMILES string of the molecule is CC(N[C@H](C)c1cccnc1)c1cnn(C)c1. The van der Waals surface area contributed by atoms with Gasteiger partial charge in [-0.15, -0.1) is 0 Å². The molecule has 0 bridgehead atoms. The van der Waals surface area contributed by atoms with Crippen LogP contribution in [-0.2, 0) is 7.05 Å². The highest BCUT2D eigenvalue weighted by atomic mass is 15.2. The van der Waals surface area contributed by atoms with E-state index < -0.39 is 0 Å². The van der Waals surface area contributed by atoms with E-state index in [9.17, 15) is 0 Å². The number of rotatable bonds is 4. The first-order valence-corrected chi connectivity index (χ1v) is 5.81. The van der Waals surface area contributed by atoms with E-state index in [1.807, 2.05) is 36.4 Å². The first-order chi connectivity index (χ1) is 8.16. The minimum absolute atomic E-state index is 0.277. The summed E-state index contributed by atoms with van der Waals surface area (Å²) >= 11 is 0. The first kappa shape index (κ1) is 11.8. The molecule has 0 radical (unpaired) electrons. The highest BCUT2D eigenvalue weighted by molar-refractivity contribution is 5.15. The van der Waals surface area contributed by atoms with Gasteiger partial charge in [0.25, 0.3) is 0 Å². The molecule has 0 aliphatic rings. The van der Waals surface area contributed by atoms with Crippen molar-refractivity contribution in [2.75, 3.05) is 0 Å². The highest BCUT2D eigenvalue weighted by Gasteiger charge is 2.12. The van der Waals surface area contributed by atoms with Crippen LogP contribution < -0.4 is 5.32 Å². The third kappa shape index (κ3) is 2.91. The zero-order valence-corrected chi connectivity index (χ0v) is 10.5. The molecule has 2 rings (SSSR count). The molecule has 0 spiro atoms. The Labute approximate surface area is 102 Å². The fourth-order valence-electron chi connectivity index (χ4n) is 1.86. The van der Waals surface area contributed by atoms with Crippen molar-refractivity contribution in [1.29, 1.82) is 0 Å². The number of pyridine rings is 1. The summed E-state index contributed by atoms with van der Waals surface area (Å²) in [7, 11) is 1.93. The number of hydrogen-bond donors (Lipinski definition) is 1. The van der Waals surface area contributed by atoms with Crippen LogP contribution >= 0.6 is 0 Å².